The Morgan fingerprint density at radius 3 is 2.85 bits per heavy atom. The number of ether oxygens (including phenoxy) is 3. The highest BCUT2D eigenvalue weighted by molar-refractivity contribution is 8.00. The van der Waals surface area contributed by atoms with Crippen LogP contribution < -0.4 is 0 Å². The van der Waals surface area contributed by atoms with Crippen molar-refractivity contribution in [3.8, 4) is 0 Å². The predicted octanol–water partition coefficient (Wildman–Crippen LogP) is 2.48. The molecule has 1 aromatic carbocycles. The lowest BCUT2D eigenvalue weighted by atomic mass is 10.2. The molecule has 3 atom stereocenters. The maximum atomic E-state index is 11.9. The van der Waals surface area contributed by atoms with Crippen LogP contribution in [-0.2, 0) is 14.2 Å². The highest BCUT2D eigenvalue weighted by atomic mass is 32.2. The van der Waals surface area contributed by atoms with Crippen molar-refractivity contribution >= 4 is 17.7 Å². The third-order valence-corrected chi connectivity index (χ3v) is 4.80. The van der Waals surface area contributed by atoms with Gasteiger partial charge in [0.15, 0.2) is 5.79 Å². The Morgan fingerprint density at radius 1 is 1.35 bits per heavy atom. The molecule has 2 aliphatic heterocycles. The lowest BCUT2D eigenvalue weighted by Crippen LogP contribution is -2.31. The molecule has 0 saturated carbocycles. The van der Waals surface area contributed by atoms with Gasteiger partial charge in [0.05, 0.1) is 16.9 Å². The van der Waals surface area contributed by atoms with Crippen LogP contribution in [-0.4, -0.2) is 41.6 Å². The lowest BCUT2D eigenvalue weighted by Gasteiger charge is -2.21. The number of thioether (sulfide) groups is 1. The van der Waals surface area contributed by atoms with Crippen molar-refractivity contribution in [3.05, 3.63) is 35.9 Å². The van der Waals surface area contributed by atoms with Crippen LogP contribution in [0.15, 0.2) is 30.3 Å². The molecule has 0 amide bonds. The fourth-order valence-electron chi connectivity index (χ4n) is 2.58. The quantitative estimate of drug-likeness (QED) is 0.801. The second kappa shape index (κ2) is 5.39. The van der Waals surface area contributed by atoms with Crippen LogP contribution in [0.4, 0.5) is 0 Å². The third-order valence-electron chi connectivity index (χ3n) is 3.45. The van der Waals surface area contributed by atoms with E-state index in [4.69, 9.17) is 14.2 Å². The Morgan fingerprint density at radius 2 is 2.10 bits per heavy atom. The first-order valence-corrected chi connectivity index (χ1v) is 7.79. The number of fused-ring (bicyclic) bond motifs is 1. The molecule has 20 heavy (non-hydrogen) atoms. The van der Waals surface area contributed by atoms with E-state index in [9.17, 15) is 4.79 Å². The summed E-state index contributed by atoms with van der Waals surface area (Å²) in [5.74, 6) is 0.0763. The molecule has 0 aromatic heterocycles. The summed E-state index contributed by atoms with van der Waals surface area (Å²) in [7, 11) is 0. The molecular formula is C15H18O4S. The average Bonchev–Trinajstić information content (AvgIpc) is 2.92. The van der Waals surface area contributed by atoms with Crippen LogP contribution in [0.1, 0.15) is 24.2 Å². The molecule has 0 unspecified atom stereocenters. The van der Waals surface area contributed by atoms with Gasteiger partial charge in [0.2, 0.25) is 0 Å². The zero-order valence-corrected chi connectivity index (χ0v) is 12.4. The molecule has 0 spiro atoms. The van der Waals surface area contributed by atoms with Crippen molar-refractivity contribution in [2.45, 2.75) is 37.1 Å². The fraction of sp³-hybridized carbons (Fsp3) is 0.533. The van der Waals surface area contributed by atoms with Gasteiger partial charge in [-0.25, -0.2) is 4.79 Å². The first-order chi connectivity index (χ1) is 9.55. The van der Waals surface area contributed by atoms with Crippen molar-refractivity contribution in [1.82, 2.24) is 0 Å². The molecule has 2 aliphatic rings. The summed E-state index contributed by atoms with van der Waals surface area (Å²) in [4.78, 5) is 11.9. The summed E-state index contributed by atoms with van der Waals surface area (Å²) < 4.78 is 17.1. The Hall–Kier alpha value is -1.04. The summed E-state index contributed by atoms with van der Waals surface area (Å²) in [6.45, 7) is 4.20. The maximum absolute atomic E-state index is 11.9. The van der Waals surface area contributed by atoms with E-state index in [2.05, 4.69) is 0 Å². The summed E-state index contributed by atoms with van der Waals surface area (Å²) in [6.07, 6.45) is 0.119. The fourth-order valence-corrected chi connectivity index (χ4v) is 3.86. The van der Waals surface area contributed by atoms with Crippen LogP contribution >= 0.6 is 11.8 Å². The van der Waals surface area contributed by atoms with Gasteiger partial charge in [-0.2, -0.15) is 0 Å². The van der Waals surface area contributed by atoms with E-state index >= 15 is 0 Å². The molecule has 1 aromatic rings. The van der Waals surface area contributed by atoms with Gasteiger partial charge in [0.25, 0.3) is 0 Å². The number of hydrogen-bond donors (Lipinski definition) is 0. The molecule has 3 rings (SSSR count). The Bertz CT molecular complexity index is 488. The van der Waals surface area contributed by atoms with Crippen molar-refractivity contribution in [3.63, 3.8) is 0 Å². The van der Waals surface area contributed by atoms with Crippen molar-refractivity contribution in [1.29, 1.82) is 0 Å². The molecule has 4 nitrogen and oxygen atoms in total. The number of esters is 1. The van der Waals surface area contributed by atoms with E-state index in [0.717, 1.165) is 5.75 Å². The number of hydrogen-bond acceptors (Lipinski definition) is 5. The SMILES string of the molecule is CC1(C)O[C@H]2[C@H](COC(=O)c3ccccc3)SC[C@H]2O1. The van der Waals surface area contributed by atoms with Gasteiger partial charge in [-0.15, -0.1) is 11.8 Å². The summed E-state index contributed by atoms with van der Waals surface area (Å²) in [6, 6.07) is 9.04. The van der Waals surface area contributed by atoms with Crippen LogP contribution in [0.3, 0.4) is 0 Å². The molecule has 5 heteroatoms. The molecule has 0 bridgehead atoms. The summed E-state index contributed by atoms with van der Waals surface area (Å²) >= 11 is 1.75. The van der Waals surface area contributed by atoms with Crippen LogP contribution in [0.5, 0.6) is 0 Å². The van der Waals surface area contributed by atoms with Gasteiger partial charge in [0.1, 0.15) is 12.7 Å². The monoisotopic (exact) mass is 294 g/mol. The van der Waals surface area contributed by atoms with Crippen LogP contribution in [0, 0.1) is 0 Å². The van der Waals surface area contributed by atoms with E-state index in [1.807, 2.05) is 32.0 Å². The topological polar surface area (TPSA) is 44.8 Å². The number of benzene rings is 1. The van der Waals surface area contributed by atoms with E-state index in [1.54, 1.807) is 23.9 Å². The minimum Gasteiger partial charge on any atom is -0.461 e. The zero-order valence-electron chi connectivity index (χ0n) is 11.6. The molecule has 108 valence electrons. The van der Waals surface area contributed by atoms with E-state index in [-0.39, 0.29) is 23.4 Å². The Labute approximate surface area is 122 Å². The van der Waals surface area contributed by atoms with Gasteiger partial charge in [-0.3, -0.25) is 0 Å². The third kappa shape index (κ3) is 2.85. The molecule has 0 aliphatic carbocycles. The van der Waals surface area contributed by atoms with Gasteiger partial charge in [-0.05, 0) is 26.0 Å². The van der Waals surface area contributed by atoms with E-state index in [0.29, 0.717) is 12.2 Å². The number of rotatable bonds is 3. The van der Waals surface area contributed by atoms with Crippen LogP contribution in [0.25, 0.3) is 0 Å². The minimum atomic E-state index is -0.530. The van der Waals surface area contributed by atoms with Crippen LogP contribution in [0.2, 0.25) is 0 Å². The van der Waals surface area contributed by atoms with E-state index < -0.39 is 5.79 Å². The first kappa shape index (κ1) is 13.9. The molecule has 0 radical (unpaired) electrons. The van der Waals surface area contributed by atoms with Crippen molar-refractivity contribution in [2.24, 2.45) is 0 Å². The standard InChI is InChI=1S/C15H18O4S/c1-15(2)18-11-9-20-12(13(11)19-15)8-17-14(16)10-6-4-3-5-7-10/h3-7,11-13H,8-9H2,1-2H3/t11-,12+,13-/m1/s1. The van der Waals surface area contributed by atoms with Gasteiger partial charge < -0.3 is 14.2 Å². The van der Waals surface area contributed by atoms with Crippen molar-refractivity contribution in [2.75, 3.05) is 12.4 Å². The maximum Gasteiger partial charge on any atom is 0.338 e. The minimum absolute atomic E-state index is 0.0126. The lowest BCUT2D eigenvalue weighted by molar-refractivity contribution is -0.146. The number of carbonyl (C=O) groups is 1. The summed E-state index contributed by atoms with van der Waals surface area (Å²) in [5, 5.41) is 0.148. The Kier molecular flexibility index (Phi) is 3.75. The Balaban J connectivity index is 1.56. The highest BCUT2D eigenvalue weighted by Gasteiger charge is 2.49. The molecule has 2 saturated heterocycles. The molecule has 2 heterocycles. The normalized spacial score (nSPS) is 31.0. The van der Waals surface area contributed by atoms with Gasteiger partial charge >= 0.3 is 5.97 Å². The molecule has 0 N–H and O–H groups in total. The predicted molar refractivity (Wildman–Crippen MR) is 76.8 cm³/mol. The van der Waals surface area contributed by atoms with Gasteiger partial charge in [0, 0.05) is 5.75 Å². The second-order valence-corrected chi connectivity index (χ2v) is 6.75. The average molecular weight is 294 g/mol. The number of carbonyl (C=O) groups excluding carboxylic acids is 1. The smallest absolute Gasteiger partial charge is 0.338 e. The molecular weight excluding hydrogens is 276 g/mol. The summed E-state index contributed by atoms with van der Waals surface area (Å²) in [5.41, 5.74) is 0.580. The largest absolute Gasteiger partial charge is 0.461 e. The second-order valence-electron chi connectivity index (χ2n) is 5.47. The molecule has 2 fully saturated rings. The van der Waals surface area contributed by atoms with Crippen molar-refractivity contribution < 1.29 is 19.0 Å². The first-order valence-electron chi connectivity index (χ1n) is 6.74. The van der Waals surface area contributed by atoms with E-state index in [1.165, 1.54) is 0 Å². The van der Waals surface area contributed by atoms with Gasteiger partial charge in [-0.1, -0.05) is 18.2 Å². The highest BCUT2D eigenvalue weighted by Crippen LogP contribution is 2.41. The zero-order chi connectivity index (χ0) is 14.2.